The highest BCUT2D eigenvalue weighted by Crippen LogP contribution is 2.26. The lowest BCUT2D eigenvalue weighted by Gasteiger charge is -2.38. The fraction of sp³-hybridized carbons (Fsp3) is 0.522. The van der Waals surface area contributed by atoms with Gasteiger partial charge in [0.15, 0.2) is 0 Å². The van der Waals surface area contributed by atoms with E-state index in [0.29, 0.717) is 31.6 Å². The van der Waals surface area contributed by atoms with Crippen LogP contribution in [0.1, 0.15) is 39.5 Å². The molecule has 0 bridgehead atoms. The minimum Gasteiger partial charge on any atom is -0.445 e. The zero-order valence-electron chi connectivity index (χ0n) is 18.7. The quantitative estimate of drug-likeness (QED) is 0.508. The number of carbonyl (C=O) groups excluding carboxylic acids is 1. The lowest BCUT2D eigenvalue weighted by atomic mass is 10.0. The Balaban J connectivity index is 0.00000176. The number of likely N-dealkylation sites (tertiary alicyclic amines) is 1. The van der Waals surface area contributed by atoms with Crippen molar-refractivity contribution in [3.63, 3.8) is 0 Å². The third kappa shape index (κ3) is 7.55. The van der Waals surface area contributed by atoms with Crippen LogP contribution in [-0.4, -0.2) is 53.2 Å². The molecule has 1 saturated heterocycles. The topological polar surface area (TPSA) is 79.3 Å². The van der Waals surface area contributed by atoms with Crippen LogP contribution in [0.3, 0.4) is 0 Å². The molecule has 1 atom stereocenters. The number of nitrogens with zero attached hydrogens (tertiary/aromatic N) is 3. The van der Waals surface area contributed by atoms with Crippen molar-refractivity contribution in [3.8, 4) is 0 Å². The molecule has 9 heteroatoms. The Labute approximate surface area is 191 Å². The van der Waals surface area contributed by atoms with Crippen molar-refractivity contribution in [3.05, 3.63) is 58.8 Å². The smallest absolute Gasteiger partial charge is 0.410 e. The van der Waals surface area contributed by atoms with E-state index in [0.717, 1.165) is 18.4 Å². The molecule has 0 saturated carbocycles. The number of carbonyl (C=O) groups is 1. The fourth-order valence-electron chi connectivity index (χ4n) is 3.62. The van der Waals surface area contributed by atoms with Gasteiger partial charge in [0.05, 0.1) is 18.0 Å². The van der Waals surface area contributed by atoms with Crippen molar-refractivity contribution in [1.82, 2.24) is 4.90 Å². The second-order valence-electron chi connectivity index (χ2n) is 7.22. The molecule has 2 aliphatic rings. The maximum Gasteiger partial charge on any atom is 0.410 e. The summed E-state index contributed by atoms with van der Waals surface area (Å²) < 4.78 is 33.6. The van der Waals surface area contributed by atoms with Crippen molar-refractivity contribution >= 4 is 22.8 Å². The molecule has 0 aromatic heterocycles. The summed E-state index contributed by atoms with van der Waals surface area (Å²) in [6, 6.07) is 5.77. The fourth-order valence-corrected chi connectivity index (χ4v) is 4.94. The number of hydrogen-bond donors (Lipinski definition) is 0. The van der Waals surface area contributed by atoms with Crippen LogP contribution in [-0.2, 0) is 15.7 Å². The van der Waals surface area contributed by atoms with E-state index < -0.39 is 16.8 Å². The van der Waals surface area contributed by atoms with Crippen molar-refractivity contribution in [2.45, 2.75) is 45.6 Å². The highest BCUT2D eigenvalue weighted by Gasteiger charge is 2.31. The molecule has 1 fully saturated rings. The number of anilines is 1. The second kappa shape index (κ2) is 13.8. The zero-order valence-corrected chi connectivity index (χ0v) is 19.6. The van der Waals surface area contributed by atoms with E-state index in [1.165, 1.54) is 12.1 Å². The van der Waals surface area contributed by atoms with Gasteiger partial charge in [0.2, 0.25) is 0 Å². The number of rotatable bonds is 8. The van der Waals surface area contributed by atoms with Crippen molar-refractivity contribution in [2.24, 2.45) is 5.18 Å². The molecular formula is C23H32FN3O4S. The van der Waals surface area contributed by atoms with Crippen LogP contribution in [0.2, 0.25) is 0 Å². The average molecular weight is 466 g/mol. The molecule has 1 aliphatic carbocycles. The van der Waals surface area contributed by atoms with Crippen LogP contribution < -0.4 is 4.31 Å². The molecule has 1 aromatic carbocycles. The average Bonchev–Trinajstić information content (AvgIpc) is 2.84. The van der Waals surface area contributed by atoms with Gasteiger partial charge in [-0.15, -0.1) is 0 Å². The highest BCUT2D eigenvalue weighted by molar-refractivity contribution is 7.86. The second-order valence-corrected chi connectivity index (χ2v) is 8.66. The summed E-state index contributed by atoms with van der Waals surface area (Å²) in [4.78, 5) is 24.5. The van der Waals surface area contributed by atoms with E-state index in [4.69, 9.17) is 4.74 Å². The standard InChI is InChI=1S/C21H26FN3O4S.C2H6/c22-18-7-4-8-20(15-18)25(30(28)14-11-23-27)19-9-12-24(13-10-19)21(26)29-16-17-5-2-1-3-6-17;1-2/h2,4-8,15,19H,1,3,9-14,16H2;1-2H3. The number of ether oxygens (including phenoxy) is 1. The first-order valence-electron chi connectivity index (χ1n) is 11.1. The van der Waals surface area contributed by atoms with Gasteiger partial charge in [0.1, 0.15) is 23.4 Å². The van der Waals surface area contributed by atoms with Gasteiger partial charge >= 0.3 is 6.09 Å². The number of allylic oxidation sites excluding steroid dienone is 2. The number of amides is 1. The molecule has 7 nitrogen and oxygen atoms in total. The molecule has 0 spiro atoms. The maximum atomic E-state index is 13.7. The van der Waals surface area contributed by atoms with Gasteiger partial charge in [0.25, 0.3) is 0 Å². The van der Waals surface area contributed by atoms with E-state index in [2.05, 4.69) is 17.3 Å². The lowest BCUT2D eigenvalue weighted by molar-refractivity contribution is 0.101. The monoisotopic (exact) mass is 465 g/mol. The third-order valence-electron chi connectivity index (χ3n) is 5.13. The van der Waals surface area contributed by atoms with E-state index in [1.54, 1.807) is 21.3 Å². The summed E-state index contributed by atoms with van der Waals surface area (Å²) in [7, 11) is -1.52. The minimum atomic E-state index is -1.52. The summed E-state index contributed by atoms with van der Waals surface area (Å²) in [5.74, 6) is -0.347. The van der Waals surface area contributed by atoms with Gasteiger partial charge in [-0.2, -0.15) is 4.91 Å². The predicted octanol–water partition coefficient (Wildman–Crippen LogP) is 4.97. The van der Waals surface area contributed by atoms with Gasteiger partial charge in [-0.05, 0) is 49.5 Å². The Hall–Kier alpha value is -2.55. The van der Waals surface area contributed by atoms with Gasteiger partial charge in [-0.1, -0.05) is 43.3 Å². The number of hydrogen-bond acceptors (Lipinski definition) is 5. The van der Waals surface area contributed by atoms with Crippen molar-refractivity contribution in [2.75, 3.05) is 36.3 Å². The molecular weight excluding hydrogens is 433 g/mol. The highest BCUT2D eigenvalue weighted by atomic mass is 32.2. The van der Waals surface area contributed by atoms with Crippen LogP contribution in [0.4, 0.5) is 14.9 Å². The minimum absolute atomic E-state index is 0.0743. The summed E-state index contributed by atoms with van der Waals surface area (Å²) in [6.45, 7) is 5.09. The molecule has 1 aliphatic heterocycles. The Kier molecular flexibility index (Phi) is 11.1. The molecule has 32 heavy (non-hydrogen) atoms. The van der Waals surface area contributed by atoms with Gasteiger partial charge in [0, 0.05) is 19.1 Å². The van der Waals surface area contributed by atoms with E-state index >= 15 is 0 Å². The Morgan fingerprint density at radius 3 is 2.66 bits per heavy atom. The Morgan fingerprint density at radius 2 is 2.03 bits per heavy atom. The Bertz CT molecular complexity index is 838. The first-order valence-corrected chi connectivity index (χ1v) is 12.4. The van der Waals surface area contributed by atoms with Crippen LogP contribution in [0.5, 0.6) is 0 Å². The van der Waals surface area contributed by atoms with Crippen LogP contribution in [0.25, 0.3) is 0 Å². The first-order chi connectivity index (χ1) is 15.6. The van der Waals surface area contributed by atoms with Crippen LogP contribution in [0.15, 0.2) is 53.2 Å². The van der Waals surface area contributed by atoms with Crippen LogP contribution in [0, 0.1) is 10.7 Å². The van der Waals surface area contributed by atoms with E-state index in [9.17, 15) is 18.3 Å². The molecule has 3 rings (SSSR count). The number of halogens is 1. The third-order valence-corrected chi connectivity index (χ3v) is 6.61. The summed E-state index contributed by atoms with van der Waals surface area (Å²) in [6.07, 6.45) is 8.84. The summed E-state index contributed by atoms with van der Waals surface area (Å²) in [5.41, 5.74) is 1.50. The summed E-state index contributed by atoms with van der Waals surface area (Å²) in [5, 5.41) is 2.79. The molecule has 1 heterocycles. The number of benzene rings is 1. The molecule has 176 valence electrons. The molecule has 0 radical (unpaired) electrons. The number of piperidine rings is 1. The van der Waals surface area contributed by atoms with Gasteiger partial charge < -0.3 is 9.64 Å². The first kappa shape index (κ1) is 25.7. The molecule has 1 amide bonds. The van der Waals surface area contributed by atoms with Gasteiger partial charge in [-0.3, -0.25) is 4.31 Å². The van der Waals surface area contributed by atoms with E-state index in [1.807, 2.05) is 19.9 Å². The zero-order chi connectivity index (χ0) is 23.3. The molecule has 0 N–H and O–H groups in total. The predicted molar refractivity (Wildman–Crippen MR) is 126 cm³/mol. The molecule has 1 unspecified atom stereocenters. The van der Waals surface area contributed by atoms with Crippen LogP contribution >= 0.6 is 0 Å². The summed E-state index contributed by atoms with van der Waals surface area (Å²) >= 11 is 0. The number of nitroso groups, excluding NO2 is 1. The largest absolute Gasteiger partial charge is 0.445 e. The lowest BCUT2D eigenvalue weighted by Crippen LogP contribution is -2.48. The SMILES string of the molecule is CC.O=NCCS(=O)N(c1cccc(F)c1)C1CCN(C(=O)OCC2=CCCC=C2)CC1. The van der Waals surface area contributed by atoms with Gasteiger partial charge in [-0.25, -0.2) is 13.4 Å². The van der Waals surface area contributed by atoms with E-state index in [-0.39, 0.29) is 31.0 Å². The van der Waals surface area contributed by atoms with Crippen molar-refractivity contribution < 1.29 is 18.1 Å². The normalized spacial score (nSPS) is 17.0. The maximum absolute atomic E-state index is 13.7. The van der Waals surface area contributed by atoms with Crippen molar-refractivity contribution in [1.29, 1.82) is 0 Å². The molecule has 1 aromatic rings. The Morgan fingerprint density at radius 1 is 1.28 bits per heavy atom.